The zero-order valence-corrected chi connectivity index (χ0v) is 23.2. The van der Waals surface area contributed by atoms with E-state index in [0.29, 0.717) is 46.7 Å². The summed E-state index contributed by atoms with van der Waals surface area (Å²) in [4.78, 5) is 31.1. The van der Waals surface area contributed by atoms with E-state index in [2.05, 4.69) is 11.4 Å². The molecule has 0 radical (unpaired) electrons. The number of primary amides is 1. The van der Waals surface area contributed by atoms with Gasteiger partial charge >= 0.3 is 0 Å². The maximum Gasteiger partial charge on any atom is 0.261 e. The second kappa shape index (κ2) is 12.8. The molecule has 0 aliphatic rings. The number of thiophene rings is 1. The van der Waals surface area contributed by atoms with Crippen molar-refractivity contribution in [3.8, 4) is 16.5 Å². The van der Waals surface area contributed by atoms with E-state index in [1.807, 2.05) is 13.8 Å². The highest BCUT2D eigenvalue weighted by atomic mass is 32.1. The maximum atomic E-state index is 13.5. The summed E-state index contributed by atoms with van der Waals surface area (Å²) in [5.41, 5.74) is 8.66. The van der Waals surface area contributed by atoms with Crippen molar-refractivity contribution in [2.75, 3.05) is 0 Å². The molecule has 6 nitrogen and oxygen atoms in total. The van der Waals surface area contributed by atoms with Crippen LogP contribution in [-0.2, 0) is 25.8 Å². The summed E-state index contributed by atoms with van der Waals surface area (Å²) >= 11 is 1.07. The van der Waals surface area contributed by atoms with Gasteiger partial charge in [-0.2, -0.15) is 5.26 Å². The minimum absolute atomic E-state index is 0.0272. The number of benzene rings is 2. The Kier molecular flexibility index (Phi) is 9.20. The van der Waals surface area contributed by atoms with Crippen molar-refractivity contribution < 1.29 is 22.8 Å². The molecule has 0 spiro atoms. The van der Waals surface area contributed by atoms with E-state index in [0.717, 1.165) is 29.0 Å². The summed E-state index contributed by atoms with van der Waals surface area (Å²) in [5.74, 6) is -3.40. The van der Waals surface area contributed by atoms with E-state index >= 15 is 0 Å². The van der Waals surface area contributed by atoms with Crippen LogP contribution in [0.15, 0.2) is 54.6 Å². The van der Waals surface area contributed by atoms with Crippen LogP contribution in [0.2, 0.25) is 0 Å². The van der Waals surface area contributed by atoms with E-state index in [4.69, 9.17) is 10.7 Å². The van der Waals surface area contributed by atoms with Crippen LogP contribution in [0.3, 0.4) is 0 Å². The molecule has 2 aromatic heterocycles. The molecule has 0 fully saturated rings. The molecule has 10 heteroatoms. The van der Waals surface area contributed by atoms with Crippen molar-refractivity contribution >= 4 is 23.2 Å². The van der Waals surface area contributed by atoms with Crippen LogP contribution < -0.4 is 11.1 Å². The molecule has 210 valence electrons. The molecule has 41 heavy (non-hydrogen) atoms. The fourth-order valence-corrected chi connectivity index (χ4v) is 5.44. The predicted molar refractivity (Wildman–Crippen MR) is 151 cm³/mol. The number of halogens is 3. The molecule has 2 amide bonds. The molecule has 4 aromatic rings. The maximum absolute atomic E-state index is 13.5. The highest BCUT2D eigenvalue weighted by molar-refractivity contribution is 7.17. The Morgan fingerprint density at radius 1 is 0.976 bits per heavy atom. The average molecular weight is 577 g/mol. The number of aryl methyl sites for hydroxylation is 2. The van der Waals surface area contributed by atoms with E-state index in [1.165, 1.54) is 18.2 Å². The third-order valence-electron chi connectivity index (χ3n) is 6.38. The van der Waals surface area contributed by atoms with Gasteiger partial charge < -0.3 is 11.1 Å². The van der Waals surface area contributed by atoms with Crippen molar-refractivity contribution in [1.82, 2.24) is 10.3 Å². The Balaban J connectivity index is 1.71. The smallest absolute Gasteiger partial charge is 0.261 e. The Morgan fingerprint density at radius 2 is 1.68 bits per heavy atom. The number of nitrogens with one attached hydrogen (secondary N) is 1. The molecule has 2 aromatic carbocycles. The van der Waals surface area contributed by atoms with Gasteiger partial charge in [0.2, 0.25) is 0 Å². The third kappa shape index (κ3) is 6.99. The second-order valence-corrected chi connectivity index (χ2v) is 11.0. The van der Waals surface area contributed by atoms with Crippen molar-refractivity contribution in [3.63, 3.8) is 0 Å². The lowest BCUT2D eigenvalue weighted by Crippen LogP contribution is -2.21. The topological polar surface area (TPSA) is 109 Å². The monoisotopic (exact) mass is 576 g/mol. The number of carbonyl (C=O) groups is 2. The normalized spacial score (nSPS) is 11.0. The van der Waals surface area contributed by atoms with Gasteiger partial charge in [-0.25, -0.2) is 13.2 Å². The molecule has 0 saturated heterocycles. The first-order chi connectivity index (χ1) is 19.6. The lowest BCUT2D eigenvalue weighted by atomic mass is 9.92. The van der Waals surface area contributed by atoms with Gasteiger partial charge in [0, 0.05) is 17.0 Å². The highest BCUT2D eigenvalue weighted by Crippen LogP contribution is 2.37. The first kappa shape index (κ1) is 29.5. The third-order valence-corrected chi connectivity index (χ3v) is 7.49. The van der Waals surface area contributed by atoms with E-state index < -0.39 is 23.4 Å². The van der Waals surface area contributed by atoms with E-state index in [1.54, 1.807) is 24.3 Å². The summed E-state index contributed by atoms with van der Waals surface area (Å²) in [6, 6.07) is 14.8. The van der Waals surface area contributed by atoms with Gasteiger partial charge in [0.1, 0.15) is 11.9 Å². The number of rotatable bonds is 10. The van der Waals surface area contributed by atoms with Crippen LogP contribution in [-0.4, -0.2) is 16.8 Å². The molecule has 0 saturated carbocycles. The number of pyridine rings is 1. The van der Waals surface area contributed by atoms with Crippen molar-refractivity contribution in [2.45, 2.75) is 39.7 Å². The SMILES string of the molecule is CC(C)Cc1nc(CCc2ccc(F)cc2)c(C#N)c(-c2ccc(C(=O)NCc3ccc(F)c(F)c3)s2)c1C(N)=O. The van der Waals surface area contributed by atoms with Crippen molar-refractivity contribution in [1.29, 1.82) is 5.26 Å². The number of hydrogen-bond acceptors (Lipinski definition) is 5. The Hall–Kier alpha value is -4.49. The van der Waals surface area contributed by atoms with Crippen LogP contribution in [0.5, 0.6) is 0 Å². The standard InChI is InChI=1S/C31H27F3N4O2S/c1-17(2)13-25-29(30(36)39)28(21(15-35)24(38-25)10-6-18-3-7-20(32)8-4-18)26-11-12-27(41-26)31(40)37-16-19-5-9-22(33)23(34)14-19/h3-5,7-9,11-12,14,17H,6,10,13,16H2,1-2H3,(H2,36,39)(H,37,40). The zero-order chi connectivity index (χ0) is 29.7. The quantitative estimate of drug-likeness (QED) is 0.237. The summed E-state index contributed by atoms with van der Waals surface area (Å²) in [6.45, 7) is 3.92. The molecular weight excluding hydrogens is 549 g/mol. The number of hydrogen-bond donors (Lipinski definition) is 2. The minimum Gasteiger partial charge on any atom is -0.366 e. The Labute approximate surface area is 239 Å². The summed E-state index contributed by atoms with van der Waals surface area (Å²) < 4.78 is 40.1. The minimum atomic E-state index is -1.01. The van der Waals surface area contributed by atoms with Gasteiger partial charge in [-0.15, -0.1) is 11.3 Å². The summed E-state index contributed by atoms with van der Waals surface area (Å²) in [5, 5.41) is 12.9. The molecule has 0 aliphatic carbocycles. The number of aromatic nitrogens is 1. The average Bonchev–Trinajstić information content (AvgIpc) is 3.42. The number of nitrogens with zero attached hydrogens (tertiary/aromatic N) is 2. The van der Waals surface area contributed by atoms with E-state index in [-0.39, 0.29) is 34.3 Å². The largest absolute Gasteiger partial charge is 0.366 e. The molecule has 3 N–H and O–H groups in total. The first-order valence-corrected chi connectivity index (χ1v) is 13.7. The molecule has 4 rings (SSSR count). The first-order valence-electron chi connectivity index (χ1n) is 12.9. The lowest BCUT2D eigenvalue weighted by Gasteiger charge is -2.17. The van der Waals surface area contributed by atoms with Crippen molar-refractivity contribution in [2.24, 2.45) is 11.7 Å². The molecular formula is C31H27F3N4O2S. The van der Waals surface area contributed by atoms with Crippen LogP contribution in [0.25, 0.3) is 10.4 Å². The predicted octanol–water partition coefficient (Wildman–Crippen LogP) is 6.11. The number of amides is 2. The fraction of sp³-hybridized carbons (Fsp3) is 0.226. The van der Waals surface area contributed by atoms with E-state index in [9.17, 15) is 28.0 Å². The van der Waals surface area contributed by atoms with Crippen LogP contribution >= 0.6 is 11.3 Å². The lowest BCUT2D eigenvalue weighted by molar-refractivity contribution is 0.0953. The van der Waals surface area contributed by atoms with Gasteiger partial charge in [-0.1, -0.05) is 32.0 Å². The molecule has 0 aliphatic heterocycles. The van der Waals surface area contributed by atoms with Crippen molar-refractivity contribution in [3.05, 3.63) is 111 Å². The molecule has 0 atom stereocenters. The van der Waals surface area contributed by atoms with Gasteiger partial charge in [-0.3, -0.25) is 14.6 Å². The fourth-order valence-electron chi connectivity index (χ4n) is 4.46. The molecule has 2 heterocycles. The Morgan fingerprint density at radius 3 is 2.32 bits per heavy atom. The van der Waals surface area contributed by atoms with Crippen LogP contribution in [0.1, 0.15) is 62.0 Å². The summed E-state index contributed by atoms with van der Waals surface area (Å²) in [7, 11) is 0. The number of nitriles is 1. The van der Waals surface area contributed by atoms with Gasteiger partial charge in [0.25, 0.3) is 11.8 Å². The van der Waals surface area contributed by atoms with Crippen LogP contribution in [0.4, 0.5) is 13.2 Å². The summed E-state index contributed by atoms with van der Waals surface area (Å²) in [6.07, 6.45) is 1.28. The Bertz CT molecular complexity index is 1640. The van der Waals surface area contributed by atoms with Gasteiger partial charge in [0.05, 0.1) is 27.4 Å². The number of nitrogens with two attached hydrogens (primary N) is 1. The highest BCUT2D eigenvalue weighted by Gasteiger charge is 2.26. The second-order valence-electron chi connectivity index (χ2n) is 9.93. The van der Waals surface area contributed by atoms with Gasteiger partial charge in [0.15, 0.2) is 11.6 Å². The zero-order valence-electron chi connectivity index (χ0n) is 22.4. The molecule has 0 bridgehead atoms. The molecule has 0 unspecified atom stereocenters. The van der Waals surface area contributed by atoms with Crippen LogP contribution in [0, 0.1) is 34.7 Å². The number of carbonyl (C=O) groups excluding carboxylic acids is 2. The van der Waals surface area contributed by atoms with Gasteiger partial charge in [-0.05, 0) is 72.7 Å².